The molecule has 9 heteroatoms. The molecule has 0 saturated carbocycles. The molecule has 3 rings (SSSR count). The maximum absolute atomic E-state index is 12.8. The molecular formula is C19H21F3N2O4. The molecule has 1 saturated heterocycles. The van der Waals surface area contributed by atoms with Crippen molar-refractivity contribution in [3.63, 3.8) is 0 Å². The number of carbonyl (C=O) groups is 1. The number of hydrogen-bond donors (Lipinski definition) is 0. The highest BCUT2D eigenvalue weighted by Crippen LogP contribution is 2.31. The van der Waals surface area contributed by atoms with Crippen LogP contribution < -0.4 is 4.74 Å². The molecule has 1 atom stereocenters. The Kier molecular flexibility index (Phi) is 6.23. The Morgan fingerprint density at radius 1 is 1.32 bits per heavy atom. The Labute approximate surface area is 160 Å². The van der Waals surface area contributed by atoms with Gasteiger partial charge in [-0.1, -0.05) is 11.2 Å². The summed E-state index contributed by atoms with van der Waals surface area (Å²) in [5.41, 5.74) is -0.654. The average Bonchev–Trinajstić information content (AvgIpc) is 3.15. The summed E-state index contributed by atoms with van der Waals surface area (Å²) in [7, 11) is 1.59. The van der Waals surface area contributed by atoms with Crippen LogP contribution in [0.2, 0.25) is 0 Å². The van der Waals surface area contributed by atoms with Crippen LogP contribution in [-0.4, -0.2) is 42.3 Å². The summed E-state index contributed by atoms with van der Waals surface area (Å²) in [4.78, 5) is 14.4. The zero-order valence-corrected chi connectivity index (χ0v) is 15.4. The van der Waals surface area contributed by atoms with Crippen LogP contribution in [-0.2, 0) is 17.5 Å². The molecule has 1 amide bonds. The van der Waals surface area contributed by atoms with Gasteiger partial charge in [0.25, 0.3) is 5.91 Å². The number of rotatable bonds is 6. The first-order valence-electron chi connectivity index (χ1n) is 8.94. The monoisotopic (exact) mass is 398 g/mol. The highest BCUT2D eigenvalue weighted by Gasteiger charge is 2.31. The van der Waals surface area contributed by atoms with Gasteiger partial charge in [0.05, 0.1) is 18.2 Å². The first kappa shape index (κ1) is 20.2. The fourth-order valence-corrected chi connectivity index (χ4v) is 3.18. The lowest BCUT2D eigenvalue weighted by atomic mass is 10.0. The number of methoxy groups -OCH3 is 1. The van der Waals surface area contributed by atoms with Gasteiger partial charge in [0.15, 0.2) is 11.5 Å². The number of aromatic nitrogens is 1. The molecule has 0 spiro atoms. The van der Waals surface area contributed by atoms with Crippen molar-refractivity contribution < 1.29 is 32.0 Å². The van der Waals surface area contributed by atoms with Crippen molar-refractivity contribution in [2.75, 3.05) is 20.3 Å². The Morgan fingerprint density at radius 2 is 2.14 bits per heavy atom. The lowest BCUT2D eigenvalue weighted by Crippen LogP contribution is -2.46. The molecule has 1 aliphatic heterocycles. The summed E-state index contributed by atoms with van der Waals surface area (Å²) in [5, 5.41) is 3.79. The van der Waals surface area contributed by atoms with E-state index in [-0.39, 0.29) is 35.8 Å². The molecule has 28 heavy (non-hydrogen) atoms. The number of carbonyl (C=O) groups excluding carboxylic acids is 1. The summed E-state index contributed by atoms with van der Waals surface area (Å²) in [6.07, 6.45) is -1.64. The first-order chi connectivity index (χ1) is 13.4. The largest absolute Gasteiger partial charge is 0.486 e. The lowest BCUT2D eigenvalue weighted by Gasteiger charge is -2.34. The normalized spacial score (nSPS) is 17.6. The van der Waals surface area contributed by atoms with Crippen LogP contribution in [0.4, 0.5) is 13.2 Å². The zero-order valence-electron chi connectivity index (χ0n) is 15.4. The van der Waals surface area contributed by atoms with Crippen LogP contribution in [0, 0.1) is 0 Å². The molecule has 2 heterocycles. The molecule has 0 radical (unpaired) electrons. The van der Waals surface area contributed by atoms with Gasteiger partial charge in [-0.15, -0.1) is 0 Å². The maximum atomic E-state index is 12.8. The van der Waals surface area contributed by atoms with E-state index in [1.165, 1.54) is 18.2 Å². The van der Waals surface area contributed by atoms with Gasteiger partial charge in [0.2, 0.25) is 0 Å². The van der Waals surface area contributed by atoms with Gasteiger partial charge < -0.3 is 18.9 Å². The van der Waals surface area contributed by atoms with Gasteiger partial charge in [-0.3, -0.25) is 4.79 Å². The number of benzene rings is 1. The van der Waals surface area contributed by atoms with E-state index in [1.54, 1.807) is 12.0 Å². The van der Waals surface area contributed by atoms with Gasteiger partial charge in [0, 0.05) is 19.7 Å². The molecular weight excluding hydrogens is 377 g/mol. The fraction of sp³-hybridized carbons (Fsp3) is 0.474. The van der Waals surface area contributed by atoms with E-state index in [1.807, 2.05) is 0 Å². The molecule has 6 nitrogen and oxygen atoms in total. The third-order valence-electron chi connectivity index (χ3n) is 4.57. The van der Waals surface area contributed by atoms with Crippen molar-refractivity contribution in [2.45, 2.75) is 38.1 Å². The highest BCUT2D eigenvalue weighted by molar-refractivity contribution is 5.92. The van der Waals surface area contributed by atoms with E-state index in [2.05, 4.69) is 5.16 Å². The van der Waals surface area contributed by atoms with Crippen LogP contribution >= 0.6 is 0 Å². The SMILES string of the molecule is COC[C@@H]1CCCCN1C(=O)c1cc(COc2cccc(C(F)(F)F)c2)on1. The quantitative estimate of drug-likeness (QED) is 0.738. The van der Waals surface area contributed by atoms with Crippen LogP contribution in [0.5, 0.6) is 5.75 Å². The molecule has 0 N–H and O–H groups in total. The zero-order chi connectivity index (χ0) is 20.1. The number of ether oxygens (including phenoxy) is 2. The second-order valence-corrected chi connectivity index (χ2v) is 6.60. The predicted molar refractivity (Wildman–Crippen MR) is 92.8 cm³/mol. The smallest absolute Gasteiger partial charge is 0.416 e. The van der Waals surface area contributed by atoms with Gasteiger partial charge in [-0.2, -0.15) is 13.2 Å². The number of likely N-dealkylation sites (tertiary alicyclic amines) is 1. The lowest BCUT2D eigenvalue weighted by molar-refractivity contribution is -0.137. The van der Waals surface area contributed by atoms with Crippen molar-refractivity contribution in [3.05, 3.63) is 47.3 Å². The van der Waals surface area contributed by atoms with Gasteiger partial charge in [0.1, 0.15) is 12.4 Å². The number of amides is 1. The van der Waals surface area contributed by atoms with Crippen LogP contribution in [0.3, 0.4) is 0 Å². The topological polar surface area (TPSA) is 64.8 Å². The molecule has 1 fully saturated rings. The molecule has 1 aromatic heterocycles. The summed E-state index contributed by atoms with van der Waals surface area (Å²) >= 11 is 0. The van der Waals surface area contributed by atoms with Crippen molar-refractivity contribution in [2.24, 2.45) is 0 Å². The number of piperidine rings is 1. The van der Waals surface area contributed by atoms with Crippen LogP contribution in [0.15, 0.2) is 34.9 Å². The van der Waals surface area contributed by atoms with Crippen LogP contribution in [0.25, 0.3) is 0 Å². The Balaban J connectivity index is 1.63. The van der Waals surface area contributed by atoms with Crippen molar-refractivity contribution in [1.82, 2.24) is 10.1 Å². The maximum Gasteiger partial charge on any atom is 0.416 e. The Morgan fingerprint density at radius 3 is 2.89 bits per heavy atom. The second-order valence-electron chi connectivity index (χ2n) is 6.60. The molecule has 1 aromatic carbocycles. The fourth-order valence-electron chi connectivity index (χ4n) is 3.18. The highest BCUT2D eigenvalue weighted by atomic mass is 19.4. The Hall–Kier alpha value is -2.55. The van der Waals surface area contributed by atoms with Crippen molar-refractivity contribution >= 4 is 5.91 Å². The first-order valence-corrected chi connectivity index (χ1v) is 8.94. The summed E-state index contributed by atoms with van der Waals surface area (Å²) in [6, 6.07) is 6.00. The van der Waals surface area contributed by atoms with Crippen molar-refractivity contribution in [1.29, 1.82) is 0 Å². The van der Waals surface area contributed by atoms with E-state index in [9.17, 15) is 18.0 Å². The Bertz CT molecular complexity index is 804. The van der Waals surface area contributed by atoms with E-state index < -0.39 is 11.7 Å². The van der Waals surface area contributed by atoms with Crippen molar-refractivity contribution in [3.8, 4) is 5.75 Å². The van der Waals surface area contributed by atoms with E-state index >= 15 is 0 Å². The molecule has 0 bridgehead atoms. The average molecular weight is 398 g/mol. The van der Waals surface area contributed by atoms with E-state index in [4.69, 9.17) is 14.0 Å². The van der Waals surface area contributed by atoms with E-state index in [0.29, 0.717) is 13.2 Å². The standard InChI is InChI=1S/C19H21F3N2O4/c1-26-11-14-6-2-3-8-24(14)18(25)17-10-16(28-23-17)12-27-15-7-4-5-13(9-15)19(20,21)22/h4-5,7,9-10,14H,2-3,6,8,11-12H2,1H3/t14-/m0/s1. The van der Waals surface area contributed by atoms with Gasteiger partial charge in [-0.05, 0) is 37.5 Å². The molecule has 0 unspecified atom stereocenters. The third-order valence-corrected chi connectivity index (χ3v) is 4.57. The third kappa shape index (κ3) is 4.83. The summed E-state index contributed by atoms with van der Waals surface area (Å²) in [6.45, 7) is 0.938. The van der Waals surface area contributed by atoms with E-state index in [0.717, 1.165) is 31.4 Å². The minimum absolute atomic E-state index is 0.00671. The minimum Gasteiger partial charge on any atom is -0.486 e. The second kappa shape index (κ2) is 8.64. The number of nitrogens with zero attached hydrogens (tertiary/aromatic N) is 2. The molecule has 1 aliphatic rings. The summed E-state index contributed by atoms with van der Waals surface area (Å²) in [5.74, 6) is 0.0483. The number of hydrogen-bond acceptors (Lipinski definition) is 5. The van der Waals surface area contributed by atoms with Crippen LogP contribution in [0.1, 0.15) is 41.1 Å². The van der Waals surface area contributed by atoms with Gasteiger partial charge >= 0.3 is 6.18 Å². The molecule has 0 aliphatic carbocycles. The van der Waals surface area contributed by atoms with Gasteiger partial charge in [-0.25, -0.2) is 0 Å². The minimum atomic E-state index is -4.45. The summed E-state index contributed by atoms with van der Waals surface area (Å²) < 4.78 is 53.9. The number of halogens is 3. The molecule has 2 aromatic rings. The predicted octanol–water partition coefficient (Wildman–Crippen LogP) is 3.91. The molecule has 152 valence electrons. The number of alkyl halides is 3.